The second kappa shape index (κ2) is 7.55. The fraction of sp³-hybridized carbons (Fsp3) is 0.889. The maximum atomic E-state index is 11.2. The number of hydrogen-bond donors (Lipinski definition) is 0. The minimum absolute atomic E-state index is 0.0231. The summed E-state index contributed by atoms with van der Waals surface area (Å²) < 4.78 is 4.92. The van der Waals surface area contributed by atoms with E-state index in [4.69, 9.17) is 4.74 Å². The molecule has 0 aromatic rings. The van der Waals surface area contributed by atoms with Gasteiger partial charge in [0.2, 0.25) is 0 Å². The van der Waals surface area contributed by atoms with Gasteiger partial charge in [0, 0.05) is 0 Å². The van der Waals surface area contributed by atoms with E-state index in [0.29, 0.717) is 6.61 Å². The molecule has 1 aliphatic rings. The third kappa shape index (κ3) is 4.26. The normalized spacial score (nSPS) is 22.0. The fourth-order valence-corrected chi connectivity index (χ4v) is 1.45. The van der Waals surface area contributed by atoms with E-state index < -0.39 is 0 Å². The summed E-state index contributed by atoms with van der Waals surface area (Å²) in [6.45, 7) is 3.35. The van der Waals surface area contributed by atoms with E-state index in [2.05, 4.69) is 27.5 Å². The molecule has 1 atom stereocenters. The van der Waals surface area contributed by atoms with Gasteiger partial charge in [0.05, 0.1) is 6.61 Å². The topological polar surface area (TPSA) is 29.5 Å². The Kier molecular flexibility index (Phi) is 7.65. The molecule has 13 heavy (non-hydrogen) atoms. The highest BCUT2D eigenvalue weighted by atomic mass is 127. The van der Waals surface area contributed by atoms with Crippen LogP contribution in [0.15, 0.2) is 0 Å². The molecule has 1 unspecified atom stereocenters. The summed E-state index contributed by atoms with van der Waals surface area (Å²) in [5, 5.41) is 0. The standard InChI is InChI=1S/C8H15NO2.CH3I/c1-3-11-8(10)7-5-4-6-9(7)2;1-2/h7H,3-6H2,1-2H3;1H3. The molecule has 0 radical (unpaired) electrons. The van der Waals surface area contributed by atoms with Gasteiger partial charge < -0.3 is 4.74 Å². The molecule has 0 aromatic heterocycles. The van der Waals surface area contributed by atoms with Crippen LogP contribution in [0.1, 0.15) is 19.8 Å². The Morgan fingerprint density at radius 1 is 1.62 bits per heavy atom. The number of carbonyl (C=O) groups excluding carboxylic acids is 1. The second-order valence-corrected chi connectivity index (χ2v) is 2.89. The average Bonchev–Trinajstić information content (AvgIpc) is 2.55. The number of carbonyl (C=O) groups is 1. The van der Waals surface area contributed by atoms with Crippen LogP contribution in [0.25, 0.3) is 0 Å². The first kappa shape index (κ1) is 13.2. The largest absolute Gasteiger partial charge is 0.465 e. The van der Waals surface area contributed by atoms with Crippen molar-refractivity contribution in [2.75, 3.05) is 25.1 Å². The van der Waals surface area contributed by atoms with Crippen molar-refractivity contribution in [3.63, 3.8) is 0 Å². The van der Waals surface area contributed by atoms with Crippen LogP contribution in [-0.4, -0.2) is 42.0 Å². The molecule has 4 heteroatoms. The molecule has 0 spiro atoms. The monoisotopic (exact) mass is 299 g/mol. The van der Waals surface area contributed by atoms with Crippen molar-refractivity contribution in [3.8, 4) is 0 Å². The lowest BCUT2D eigenvalue weighted by atomic mass is 10.2. The number of esters is 1. The minimum atomic E-state index is -0.0625. The zero-order valence-electron chi connectivity index (χ0n) is 8.55. The number of halogens is 1. The van der Waals surface area contributed by atoms with Crippen molar-refractivity contribution >= 4 is 28.6 Å². The third-order valence-electron chi connectivity index (χ3n) is 2.08. The van der Waals surface area contributed by atoms with Gasteiger partial charge in [-0.15, -0.1) is 0 Å². The van der Waals surface area contributed by atoms with Gasteiger partial charge in [0.25, 0.3) is 0 Å². The molecule has 0 saturated carbocycles. The lowest BCUT2D eigenvalue weighted by Gasteiger charge is -2.16. The highest BCUT2D eigenvalue weighted by molar-refractivity contribution is 14.1. The lowest BCUT2D eigenvalue weighted by Crippen LogP contribution is -2.34. The third-order valence-corrected chi connectivity index (χ3v) is 2.08. The SMILES string of the molecule is CCOC(=O)C1CCCN1C.CI. The number of nitrogens with zero attached hydrogens (tertiary/aromatic N) is 1. The van der Waals surface area contributed by atoms with E-state index >= 15 is 0 Å². The molecule has 1 saturated heterocycles. The van der Waals surface area contributed by atoms with E-state index in [0.717, 1.165) is 19.4 Å². The van der Waals surface area contributed by atoms with Crippen LogP contribution in [0.5, 0.6) is 0 Å². The van der Waals surface area contributed by atoms with Crippen LogP contribution >= 0.6 is 22.6 Å². The van der Waals surface area contributed by atoms with Crippen molar-refractivity contribution < 1.29 is 9.53 Å². The molecule has 0 N–H and O–H groups in total. The molecular weight excluding hydrogens is 281 g/mol. The van der Waals surface area contributed by atoms with Crippen LogP contribution in [0, 0.1) is 0 Å². The maximum absolute atomic E-state index is 11.2. The zero-order chi connectivity index (χ0) is 10.3. The predicted molar refractivity (Wildman–Crippen MR) is 62.2 cm³/mol. The molecule has 1 heterocycles. The van der Waals surface area contributed by atoms with E-state index in [1.165, 1.54) is 0 Å². The Labute approximate surface area is 94.0 Å². The highest BCUT2D eigenvalue weighted by Gasteiger charge is 2.28. The van der Waals surface area contributed by atoms with Gasteiger partial charge in [-0.25, -0.2) is 0 Å². The summed E-state index contributed by atoms with van der Waals surface area (Å²) in [5.41, 5.74) is 0. The van der Waals surface area contributed by atoms with Crippen molar-refractivity contribution in [1.82, 2.24) is 4.90 Å². The maximum Gasteiger partial charge on any atom is 0.323 e. The van der Waals surface area contributed by atoms with E-state index in [9.17, 15) is 4.79 Å². The lowest BCUT2D eigenvalue weighted by molar-refractivity contribution is -0.147. The number of rotatable bonds is 2. The van der Waals surface area contributed by atoms with Crippen molar-refractivity contribution in [2.24, 2.45) is 0 Å². The minimum Gasteiger partial charge on any atom is -0.465 e. The molecular formula is C9H18INO2. The van der Waals surface area contributed by atoms with Gasteiger partial charge in [0.15, 0.2) is 0 Å². The Bertz CT molecular complexity index is 153. The summed E-state index contributed by atoms with van der Waals surface area (Å²) in [6, 6.07) is 0.0231. The highest BCUT2D eigenvalue weighted by Crippen LogP contribution is 2.15. The summed E-state index contributed by atoms with van der Waals surface area (Å²) in [4.78, 5) is 15.2. The molecule has 0 amide bonds. The molecule has 0 aliphatic carbocycles. The van der Waals surface area contributed by atoms with Crippen LogP contribution < -0.4 is 0 Å². The Morgan fingerprint density at radius 2 is 2.23 bits per heavy atom. The van der Waals surface area contributed by atoms with Crippen LogP contribution in [-0.2, 0) is 9.53 Å². The van der Waals surface area contributed by atoms with Crippen LogP contribution in [0.4, 0.5) is 0 Å². The molecule has 1 rings (SSSR count). The van der Waals surface area contributed by atoms with Gasteiger partial charge >= 0.3 is 5.97 Å². The van der Waals surface area contributed by atoms with Crippen LogP contribution in [0.2, 0.25) is 0 Å². The summed E-state index contributed by atoms with van der Waals surface area (Å²) in [5.74, 6) is -0.0625. The Morgan fingerprint density at radius 3 is 2.62 bits per heavy atom. The van der Waals surface area contributed by atoms with Crippen molar-refractivity contribution in [1.29, 1.82) is 0 Å². The molecule has 0 aromatic carbocycles. The number of ether oxygens (including phenoxy) is 1. The number of likely N-dealkylation sites (tertiary alicyclic amines) is 1. The summed E-state index contributed by atoms with van der Waals surface area (Å²) in [7, 11) is 1.97. The van der Waals surface area contributed by atoms with E-state index in [1.54, 1.807) is 0 Å². The zero-order valence-corrected chi connectivity index (χ0v) is 10.7. The second-order valence-electron chi connectivity index (χ2n) is 2.89. The van der Waals surface area contributed by atoms with Gasteiger partial charge in [-0.1, -0.05) is 22.6 Å². The molecule has 1 fully saturated rings. The molecule has 1 aliphatic heterocycles. The van der Waals surface area contributed by atoms with Crippen LogP contribution in [0.3, 0.4) is 0 Å². The first-order valence-electron chi connectivity index (χ1n) is 4.50. The number of hydrogen-bond acceptors (Lipinski definition) is 3. The average molecular weight is 299 g/mol. The number of alkyl halides is 1. The number of likely N-dealkylation sites (N-methyl/N-ethyl adjacent to an activating group) is 1. The van der Waals surface area contributed by atoms with Gasteiger partial charge in [0.1, 0.15) is 6.04 Å². The summed E-state index contributed by atoms with van der Waals surface area (Å²) in [6.07, 6.45) is 2.06. The first-order valence-corrected chi connectivity index (χ1v) is 6.66. The Balaban J connectivity index is 0.000000671. The van der Waals surface area contributed by atoms with E-state index in [-0.39, 0.29) is 12.0 Å². The quantitative estimate of drug-likeness (QED) is 0.441. The van der Waals surface area contributed by atoms with Gasteiger partial charge in [-0.3, -0.25) is 9.69 Å². The van der Waals surface area contributed by atoms with Crippen molar-refractivity contribution in [3.05, 3.63) is 0 Å². The van der Waals surface area contributed by atoms with E-state index in [1.807, 2.05) is 18.9 Å². The predicted octanol–water partition coefficient (Wildman–Crippen LogP) is 1.69. The van der Waals surface area contributed by atoms with Gasteiger partial charge in [-0.05, 0) is 38.3 Å². The smallest absolute Gasteiger partial charge is 0.323 e. The molecule has 0 bridgehead atoms. The molecule has 3 nitrogen and oxygen atoms in total. The molecule has 78 valence electrons. The van der Waals surface area contributed by atoms with Gasteiger partial charge in [-0.2, -0.15) is 0 Å². The fourth-order valence-electron chi connectivity index (χ4n) is 1.45. The summed E-state index contributed by atoms with van der Waals surface area (Å²) >= 11 is 2.15. The first-order chi connectivity index (χ1) is 6.25. The Hall–Kier alpha value is 0.160. The van der Waals surface area contributed by atoms with Crippen molar-refractivity contribution in [2.45, 2.75) is 25.8 Å².